The van der Waals surface area contributed by atoms with Crippen LogP contribution in [0.2, 0.25) is 0 Å². The quantitative estimate of drug-likeness (QED) is 0.571. The van der Waals surface area contributed by atoms with E-state index in [9.17, 15) is 0 Å². The molecule has 8 nitrogen and oxygen atoms in total. The van der Waals surface area contributed by atoms with Gasteiger partial charge in [0.2, 0.25) is 11.7 Å². The average Bonchev–Trinajstić information content (AvgIpc) is 3.33. The number of aromatic amines is 1. The Morgan fingerprint density at radius 1 is 1.14 bits per heavy atom. The van der Waals surface area contributed by atoms with Gasteiger partial charge in [0.15, 0.2) is 0 Å². The Morgan fingerprint density at radius 2 is 2.04 bits per heavy atom. The number of hydrogen-bond donors (Lipinski definition) is 2. The number of imidazole rings is 1. The smallest absolute Gasteiger partial charge is 0.233 e. The lowest BCUT2D eigenvalue weighted by Gasteiger charge is -2.46. The third kappa shape index (κ3) is 2.56. The third-order valence-electron chi connectivity index (χ3n) is 6.18. The zero-order valence-electron chi connectivity index (χ0n) is 15.4. The van der Waals surface area contributed by atoms with Crippen LogP contribution in [0.15, 0.2) is 37.2 Å². The molecule has 0 radical (unpaired) electrons. The van der Waals surface area contributed by atoms with Crippen molar-refractivity contribution in [1.29, 1.82) is 0 Å². The number of ether oxygens (including phenoxy) is 1. The molecule has 0 unspecified atom stereocenters. The second-order valence-electron chi connectivity index (χ2n) is 7.84. The van der Waals surface area contributed by atoms with Gasteiger partial charge in [-0.3, -0.25) is 4.40 Å². The number of rotatable bonds is 3. The molecule has 0 bridgehead atoms. The molecule has 0 amide bonds. The van der Waals surface area contributed by atoms with E-state index in [0.29, 0.717) is 17.8 Å². The molecule has 1 aliphatic heterocycles. The maximum absolute atomic E-state index is 5.81. The van der Waals surface area contributed by atoms with E-state index >= 15 is 0 Å². The lowest BCUT2D eigenvalue weighted by molar-refractivity contribution is -0.165. The largest absolute Gasteiger partial charge is 0.375 e. The van der Waals surface area contributed by atoms with E-state index in [0.717, 1.165) is 54.5 Å². The number of aromatic nitrogens is 6. The Morgan fingerprint density at radius 3 is 2.86 bits per heavy atom. The summed E-state index contributed by atoms with van der Waals surface area (Å²) in [6.45, 7) is 0.927. The van der Waals surface area contributed by atoms with Crippen LogP contribution in [-0.4, -0.2) is 47.6 Å². The van der Waals surface area contributed by atoms with Crippen molar-refractivity contribution in [1.82, 2.24) is 29.3 Å². The number of H-pyrrole nitrogens is 1. The maximum Gasteiger partial charge on any atom is 0.233 e. The van der Waals surface area contributed by atoms with Gasteiger partial charge in [-0.1, -0.05) is 0 Å². The molecule has 1 saturated carbocycles. The Balaban J connectivity index is 1.24. The van der Waals surface area contributed by atoms with Gasteiger partial charge in [0.1, 0.15) is 5.65 Å². The molecule has 2 fully saturated rings. The van der Waals surface area contributed by atoms with Crippen LogP contribution < -0.4 is 5.32 Å². The van der Waals surface area contributed by atoms with Crippen LogP contribution in [0.4, 0.5) is 5.95 Å². The summed E-state index contributed by atoms with van der Waals surface area (Å²) in [6, 6.07) is 0.412. The molecule has 0 atom stereocenters. The fourth-order valence-corrected chi connectivity index (χ4v) is 4.43. The van der Waals surface area contributed by atoms with Crippen LogP contribution in [0, 0.1) is 0 Å². The minimum Gasteiger partial charge on any atom is -0.375 e. The minimum absolute atomic E-state index is 0.182. The molecule has 4 aromatic rings. The molecular weight excluding hydrogens is 354 g/mol. The molecule has 6 rings (SSSR count). The highest BCUT2D eigenvalue weighted by molar-refractivity contribution is 5.93. The topological polar surface area (TPSA) is 93.0 Å². The lowest BCUT2D eigenvalue weighted by Crippen LogP contribution is -2.48. The molecule has 28 heavy (non-hydrogen) atoms. The molecule has 1 aliphatic carbocycles. The van der Waals surface area contributed by atoms with E-state index in [1.54, 1.807) is 6.20 Å². The standard InChI is InChI=1S/C20H21N7O/c1-3-20(5-8-28-20)4-2-14(1)25-18-23-11-16-15(10-22-17(16)26-18)13-9-24-19-21-6-7-27(19)12-13/h6-7,9-12,14H,1-5,8H2,(H2,22,23,25,26)/t14-,20-. The SMILES string of the molecule is c1cn2cc(-c3c[nH]c4nc(N[C@H]5CC[C@@]6(CCO6)CC5)ncc34)cnc2n1. The summed E-state index contributed by atoms with van der Waals surface area (Å²) in [4.78, 5) is 21.1. The number of nitrogens with zero attached hydrogens (tertiary/aromatic N) is 5. The first-order chi connectivity index (χ1) is 13.8. The zero-order valence-corrected chi connectivity index (χ0v) is 15.4. The normalized spacial score (nSPS) is 24.6. The van der Waals surface area contributed by atoms with Crippen molar-refractivity contribution >= 4 is 22.8 Å². The van der Waals surface area contributed by atoms with Gasteiger partial charge in [0.25, 0.3) is 0 Å². The second-order valence-corrected chi connectivity index (χ2v) is 7.84. The van der Waals surface area contributed by atoms with Crippen molar-refractivity contribution < 1.29 is 4.74 Å². The molecule has 1 spiro atoms. The molecular formula is C20H21N7O. The zero-order chi connectivity index (χ0) is 18.6. The van der Waals surface area contributed by atoms with Gasteiger partial charge in [-0.05, 0) is 32.1 Å². The van der Waals surface area contributed by atoms with Crippen molar-refractivity contribution in [2.24, 2.45) is 0 Å². The summed E-state index contributed by atoms with van der Waals surface area (Å²) in [7, 11) is 0. The summed E-state index contributed by atoms with van der Waals surface area (Å²) in [5.41, 5.74) is 3.04. The monoisotopic (exact) mass is 375 g/mol. The first kappa shape index (κ1) is 16.0. The van der Waals surface area contributed by atoms with Gasteiger partial charge in [0.05, 0.1) is 12.2 Å². The van der Waals surface area contributed by atoms with Gasteiger partial charge in [-0.15, -0.1) is 0 Å². The van der Waals surface area contributed by atoms with Crippen molar-refractivity contribution in [2.75, 3.05) is 11.9 Å². The predicted octanol–water partition coefficient (Wildman–Crippen LogP) is 3.18. The van der Waals surface area contributed by atoms with Gasteiger partial charge >= 0.3 is 0 Å². The molecule has 8 heteroatoms. The Labute approximate surface area is 161 Å². The maximum atomic E-state index is 5.81. The first-order valence-corrected chi connectivity index (χ1v) is 9.82. The van der Waals surface area contributed by atoms with Gasteiger partial charge < -0.3 is 15.0 Å². The average molecular weight is 375 g/mol. The van der Waals surface area contributed by atoms with Crippen LogP contribution in [-0.2, 0) is 4.74 Å². The first-order valence-electron chi connectivity index (χ1n) is 9.82. The Bertz CT molecular complexity index is 1150. The number of fused-ring (bicyclic) bond motifs is 2. The van der Waals surface area contributed by atoms with Crippen molar-refractivity contribution in [3.63, 3.8) is 0 Å². The molecule has 5 heterocycles. The van der Waals surface area contributed by atoms with Crippen LogP contribution in [0.5, 0.6) is 0 Å². The molecule has 142 valence electrons. The van der Waals surface area contributed by atoms with Crippen LogP contribution in [0.3, 0.4) is 0 Å². The highest BCUT2D eigenvalue weighted by Crippen LogP contribution is 2.41. The van der Waals surface area contributed by atoms with E-state index in [4.69, 9.17) is 4.74 Å². The number of hydrogen-bond acceptors (Lipinski definition) is 6. The fourth-order valence-electron chi connectivity index (χ4n) is 4.43. The van der Waals surface area contributed by atoms with Crippen LogP contribution in [0.25, 0.3) is 27.9 Å². The molecule has 0 aromatic carbocycles. The van der Waals surface area contributed by atoms with E-state index in [-0.39, 0.29) is 5.60 Å². The second kappa shape index (κ2) is 6.00. The van der Waals surface area contributed by atoms with Gasteiger partial charge in [-0.25, -0.2) is 15.0 Å². The highest BCUT2D eigenvalue weighted by atomic mass is 16.5. The predicted molar refractivity (Wildman–Crippen MR) is 105 cm³/mol. The van der Waals surface area contributed by atoms with Gasteiger partial charge in [-0.2, -0.15) is 4.98 Å². The van der Waals surface area contributed by atoms with Crippen LogP contribution in [0.1, 0.15) is 32.1 Å². The van der Waals surface area contributed by atoms with Crippen molar-refractivity contribution in [3.05, 3.63) is 37.2 Å². The molecule has 4 aromatic heterocycles. The van der Waals surface area contributed by atoms with Gasteiger partial charge in [0, 0.05) is 59.7 Å². The van der Waals surface area contributed by atoms with Crippen LogP contribution >= 0.6 is 0 Å². The summed E-state index contributed by atoms with van der Waals surface area (Å²) < 4.78 is 7.72. The number of nitrogens with one attached hydrogen (secondary N) is 2. The summed E-state index contributed by atoms with van der Waals surface area (Å²) in [5, 5.41) is 4.49. The minimum atomic E-state index is 0.182. The molecule has 2 aliphatic rings. The summed E-state index contributed by atoms with van der Waals surface area (Å²) >= 11 is 0. The summed E-state index contributed by atoms with van der Waals surface area (Å²) in [5.74, 6) is 1.37. The highest BCUT2D eigenvalue weighted by Gasteiger charge is 2.41. The third-order valence-corrected chi connectivity index (χ3v) is 6.18. The summed E-state index contributed by atoms with van der Waals surface area (Å²) in [6.07, 6.45) is 17.0. The molecule has 2 N–H and O–H groups in total. The Hall–Kier alpha value is -3.00. The van der Waals surface area contributed by atoms with E-state index < -0.39 is 0 Å². The van der Waals surface area contributed by atoms with E-state index in [2.05, 4.69) is 30.2 Å². The van der Waals surface area contributed by atoms with E-state index in [1.807, 2.05) is 35.4 Å². The Kier molecular flexibility index (Phi) is 3.43. The fraction of sp³-hybridized carbons (Fsp3) is 0.400. The van der Waals surface area contributed by atoms with Crippen molar-refractivity contribution in [3.8, 4) is 11.1 Å². The van der Waals surface area contributed by atoms with E-state index in [1.165, 1.54) is 6.42 Å². The van der Waals surface area contributed by atoms with Crippen molar-refractivity contribution in [2.45, 2.75) is 43.7 Å². The number of anilines is 1. The molecule has 1 saturated heterocycles. The lowest BCUT2D eigenvalue weighted by atomic mass is 9.77.